The molecule has 2 aromatic rings. The van der Waals surface area contributed by atoms with Crippen molar-refractivity contribution in [3.05, 3.63) is 42.2 Å². The molecule has 0 amide bonds. The Morgan fingerprint density at radius 3 is 2.90 bits per heavy atom. The van der Waals surface area contributed by atoms with Crippen molar-refractivity contribution in [3.8, 4) is 0 Å². The quantitative estimate of drug-likeness (QED) is 0.630. The van der Waals surface area contributed by atoms with E-state index in [2.05, 4.69) is 45.7 Å². The third kappa shape index (κ3) is 3.61. The highest BCUT2D eigenvalue weighted by atomic mass is 79.9. The molecule has 1 unspecified atom stereocenters. The Morgan fingerprint density at radius 1 is 1.29 bits per heavy atom. The van der Waals surface area contributed by atoms with Crippen LogP contribution in [0.15, 0.2) is 22.0 Å². The zero-order valence-electron chi connectivity index (χ0n) is 12.5. The van der Waals surface area contributed by atoms with Gasteiger partial charge in [-0.15, -0.1) is 22.7 Å². The largest absolute Gasteiger partial charge is 0.305 e. The van der Waals surface area contributed by atoms with Crippen LogP contribution in [0, 0.1) is 0 Å². The van der Waals surface area contributed by atoms with Crippen LogP contribution in [-0.4, -0.2) is 6.54 Å². The molecule has 0 saturated heterocycles. The monoisotopic (exact) mass is 383 g/mol. The molecule has 1 aliphatic carbocycles. The lowest BCUT2D eigenvalue weighted by molar-refractivity contribution is 0.611. The van der Waals surface area contributed by atoms with Gasteiger partial charge >= 0.3 is 0 Å². The van der Waals surface area contributed by atoms with Crippen molar-refractivity contribution in [3.63, 3.8) is 0 Å². The second-order valence-electron chi connectivity index (χ2n) is 5.68. The van der Waals surface area contributed by atoms with Crippen molar-refractivity contribution >= 4 is 38.6 Å². The highest BCUT2D eigenvalue weighted by Gasteiger charge is 2.22. The number of hydrogen-bond donors (Lipinski definition) is 1. The average Bonchev–Trinajstić information content (AvgIpc) is 3.01. The van der Waals surface area contributed by atoms with Gasteiger partial charge in [0.2, 0.25) is 0 Å². The number of thiophene rings is 2. The average molecular weight is 384 g/mol. The summed E-state index contributed by atoms with van der Waals surface area (Å²) in [5.74, 6) is 0. The van der Waals surface area contributed by atoms with Crippen LogP contribution in [0.2, 0.25) is 0 Å². The fraction of sp³-hybridized carbons (Fsp3) is 0.529. The molecule has 0 aliphatic heterocycles. The van der Waals surface area contributed by atoms with Crippen molar-refractivity contribution < 1.29 is 0 Å². The van der Waals surface area contributed by atoms with Gasteiger partial charge in [0, 0.05) is 19.1 Å². The third-order valence-corrected chi connectivity index (χ3v) is 7.29. The summed E-state index contributed by atoms with van der Waals surface area (Å²) in [6.45, 7) is 3.30. The first-order valence-electron chi connectivity index (χ1n) is 7.87. The summed E-state index contributed by atoms with van der Waals surface area (Å²) >= 11 is 7.60. The third-order valence-electron chi connectivity index (χ3n) is 4.06. The minimum atomic E-state index is 0.358. The summed E-state index contributed by atoms with van der Waals surface area (Å²) in [6.07, 6.45) is 7.85. The van der Waals surface area contributed by atoms with Gasteiger partial charge in [-0.3, -0.25) is 0 Å². The fourth-order valence-electron chi connectivity index (χ4n) is 2.96. The molecule has 0 saturated carbocycles. The van der Waals surface area contributed by atoms with Crippen molar-refractivity contribution in [2.75, 3.05) is 6.54 Å². The summed E-state index contributed by atoms with van der Waals surface area (Å²) in [6, 6.07) is 5.00. The zero-order chi connectivity index (χ0) is 14.7. The molecule has 1 nitrogen and oxygen atoms in total. The normalized spacial score (nSPS) is 16.5. The highest BCUT2D eigenvalue weighted by Crippen LogP contribution is 2.39. The first kappa shape index (κ1) is 15.7. The summed E-state index contributed by atoms with van der Waals surface area (Å²) in [5, 5.41) is 5.92. The predicted molar refractivity (Wildman–Crippen MR) is 97.7 cm³/mol. The first-order valence-corrected chi connectivity index (χ1v) is 10.4. The molecular formula is C17H22BrNS2. The summed E-state index contributed by atoms with van der Waals surface area (Å²) < 4.78 is 1.24. The van der Waals surface area contributed by atoms with Crippen LogP contribution >= 0.6 is 38.6 Å². The highest BCUT2D eigenvalue weighted by molar-refractivity contribution is 9.10. The molecular weight excluding hydrogens is 362 g/mol. The Bertz CT molecular complexity index is 564. The second kappa shape index (κ2) is 7.40. The van der Waals surface area contributed by atoms with Gasteiger partial charge in [0.15, 0.2) is 0 Å². The van der Waals surface area contributed by atoms with Crippen molar-refractivity contribution in [2.45, 2.75) is 51.5 Å². The van der Waals surface area contributed by atoms with Gasteiger partial charge in [0.1, 0.15) is 0 Å². The second-order valence-corrected chi connectivity index (χ2v) is 8.65. The number of nitrogens with one attached hydrogen (secondary N) is 1. The van der Waals surface area contributed by atoms with E-state index < -0.39 is 0 Å². The Balaban J connectivity index is 1.91. The smallest absolute Gasteiger partial charge is 0.0776 e. The van der Waals surface area contributed by atoms with E-state index in [-0.39, 0.29) is 0 Å². The van der Waals surface area contributed by atoms with E-state index in [0.717, 1.165) is 6.54 Å². The van der Waals surface area contributed by atoms with Crippen molar-refractivity contribution in [1.82, 2.24) is 5.32 Å². The van der Waals surface area contributed by atoms with E-state index in [4.69, 9.17) is 0 Å². The first-order chi connectivity index (χ1) is 10.3. The number of hydrogen-bond acceptors (Lipinski definition) is 3. The summed E-state index contributed by atoms with van der Waals surface area (Å²) in [7, 11) is 0. The van der Waals surface area contributed by atoms with Crippen LogP contribution in [0.3, 0.4) is 0 Å². The molecule has 2 heterocycles. The standard InChI is InChI=1S/C17H22BrNS2/c1-2-9-19-16(17-13(18)8-10-20-17)15-11-12-6-4-3-5-7-14(12)21-15/h8,10-11,16,19H,2-7,9H2,1H3. The van der Waals surface area contributed by atoms with Gasteiger partial charge in [-0.05, 0) is 77.7 Å². The lowest BCUT2D eigenvalue weighted by atomic mass is 10.1. The molecule has 1 atom stereocenters. The van der Waals surface area contributed by atoms with Crippen LogP contribution in [0.4, 0.5) is 0 Å². The number of aryl methyl sites for hydroxylation is 2. The zero-order valence-corrected chi connectivity index (χ0v) is 15.7. The SMILES string of the molecule is CCCNC(c1cc2c(s1)CCCCC2)c1sccc1Br. The van der Waals surface area contributed by atoms with E-state index in [1.807, 2.05) is 22.7 Å². The molecule has 1 N–H and O–H groups in total. The Morgan fingerprint density at radius 2 is 2.14 bits per heavy atom. The molecule has 0 bridgehead atoms. The maximum Gasteiger partial charge on any atom is 0.0776 e. The molecule has 0 radical (unpaired) electrons. The van der Waals surface area contributed by atoms with Gasteiger partial charge in [-0.25, -0.2) is 0 Å². The minimum absolute atomic E-state index is 0.358. The van der Waals surface area contributed by atoms with E-state index in [0.29, 0.717) is 6.04 Å². The van der Waals surface area contributed by atoms with E-state index >= 15 is 0 Å². The van der Waals surface area contributed by atoms with Crippen LogP contribution in [-0.2, 0) is 12.8 Å². The molecule has 0 fully saturated rings. The Kier molecular flexibility index (Phi) is 5.54. The van der Waals surface area contributed by atoms with Crippen LogP contribution in [0.5, 0.6) is 0 Å². The molecule has 4 heteroatoms. The van der Waals surface area contributed by atoms with Gasteiger partial charge in [-0.2, -0.15) is 0 Å². The lowest BCUT2D eigenvalue weighted by Gasteiger charge is -2.16. The molecule has 2 aromatic heterocycles. The maximum atomic E-state index is 3.74. The summed E-state index contributed by atoms with van der Waals surface area (Å²) in [5.41, 5.74) is 1.61. The number of halogens is 1. The van der Waals surface area contributed by atoms with Crippen LogP contribution in [0.1, 0.15) is 58.8 Å². The van der Waals surface area contributed by atoms with Crippen LogP contribution in [0.25, 0.3) is 0 Å². The Hall–Kier alpha value is -0.160. The topological polar surface area (TPSA) is 12.0 Å². The van der Waals surface area contributed by atoms with Crippen molar-refractivity contribution in [1.29, 1.82) is 0 Å². The molecule has 0 aromatic carbocycles. The van der Waals surface area contributed by atoms with Gasteiger partial charge in [0.25, 0.3) is 0 Å². The number of rotatable bonds is 5. The van der Waals surface area contributed by atoms with Gasteiger partial charge in [0.05, 0.1) is 6.04 Å². The molecule has 21 heavy (non-hydrogen) atoms. The van der Waals surface area contributed by atoms with Gasteiger partial charge in [-0.1, -0.05) is 13.3 Å². The predicted octanol–water partition coefficient (Wildman–Crippen LogP) is 5.93. The Labute approximate surface area is 143 Å². The van der Waals surface area contributed by atoms with E-state index in [1.54, 1.807) is 10.4 Å². The fourth-order valence-corrected chi connectivity index (χ4v) is 6.07. The molecule has 1 aliphatic rings. The minimum Gasteiger partial charge on any atom is -0.305 e. The van der Waals surface area contributed by atoms with Crippen molar-refractivity contribution in [2.24, 2.45) is 0 Å². The van der Waals surface area contributed by atoms with Gasteiger partial charge < -0.3 is 5.32 Å². The molecule has 3 rings (SSSR count). The molecule has 114 valence electrons. The number of fused-ring (bicyclic) bond motifs is 1. The van der Waals surface area contributed by atoms with E-state index in [9.17, 15) is 0 Å². The van der Waals surface area contributed by atoms with E-state index in [1.165, 1.54) is 52.8 Å². The maximum absolute atomic E-state index is 3.74. The summed E-state index contributed by atoms with van der Waals surface area (Å²) in [4.78, 5) is 4.55. The van der Waals surface area contributed by atoms with Crippen LogP contribution < -0.4 is 5.32 Å². The molecule has 0 spiro atoms. The lowest BCUT2D eigenvalue weighted by Crippen LogP contribution is -2.21.